The number of nitrogens with one attached hydrogen (secondary N) is 1. The van der Waals surface area contributed by atoms with Crippen molar-refractivity contribution in [2.75, 3.05) is 11.9 Å². The van der Waals surface area contributed by atoms with Crippen molar-refractivity contribution in [3.8, 4) is 11.3 Å². The van der Waals surface area contributed by atoms with Gasteiger partial charge in [0.2, 0.25) is 0 Å². The van der Waals surface area contributed by atoms with Gasteiger partial charge in [0.15, 0.2) is 5.82 Å². The van der Waals surface area contributed by atoms with Crippen LogP contribution in [0.5, 0.6) is 0 Å². The molecule has 0 aliphatic carbocycles. The van der Waals surface area contributed by atoms with Crippen LogP contribution in [-0.2, 0) is 0 Å². The van der Waals surface area contributed by atoms with E-state index in [4.69, 9.17) is 0 Å². The number of anilines is 1. The topological polar surface area (TPSA) is 37.8 Å². The maximum atomic E-state index is 14.3. The van der Waals surface area contributed by atoms with Crippen molar-refractivity contribution < 1.29 is 4.39 Å². The second-order valence-corrected chi connectivity index (χ2v) is 5.43. The molecule has 5 heteroatoms. The van der Waals surface area contributed by atoms with E-state index < -0.39 is 0 Å². The molecule has 1 N–H and O–H groups in total. The Morgan fingerprint density at radius 1 is 1.05 bits per heavy atom. The molecule has 1 heterocycles. The fourth-order valence-corrected chi connectivity index (χ4v) is 2.65. The summed E-state index contributed by atoms with van der Waals surface area (Å²) in [6.45, 7) is 2.75. The molecule has 0 unspecified atom stereocenters. The van der Waals surface area contributed by atoms with E-state index >= 15 is 0 Å². The van der Waals surface area contributed by atoms with Crippen molar-refractivity contribution in [1.29, 1.82) is 0 Å². The lowest BCUT2D eigenvalue weighted by atomic mass is 10.0. The van der Waals surface area contributed by atoms with Gasteiger partial charge in [-0.2, -0.15) is 0 Å². The summed E-state index contributed by atoms with van der Waals surface area (Å²) in [5.74, 6) is 0.389. The number of hydrogen-bond acceptors (Lipinski definition) is 3. The summed E-state index contributed by atoms with van der Waals surface area (Å²) in [5.41, 5.74) is 0.988. The van der Waals surface area contributed by atoms with Gasteiger partial charge in [-0.3, -0.25) is 0 Å². The van der Waals surface area contributed by atoms with Crippen LogP contribution in [0.1, 0.15) is 6.92 Å². The summed E-state index contributed by atoms with van der Waals surface area (Å²) < 4.78 is 14.8. The SMILES string of the molecule is CCNc1nnc(-c2cccc(Br)c2F)c2ccccc12. The summed E-state index contributed by atoms with van der Waals surface area (Å²) in [6.07, 6.45) is 0. The minimum absolute atomic E-state index is 0.326. The first-order chi connectivity index (χ1) is 10.2. The predicted molar refractivity (Wildman–Crippen MR) is 86.8 cm³/mol. The third-order valence-corrected chi connectivity index (χ3v) is 3.85. The molecule has 3 aromatic rings. The highest BCUT2D eigenvalue weighted by Crippen LogP contribution is 2.33. The third kappa shape index (κ3) is 2.49. The smallest absolute Gasteiger partial charge is 0.156 e. The standard InChI is InChI=1S/C16H13BrFN3/c1-2-19-16-11-7-4-3-6-10(11)15(20-21-16)12-8-5-9-13(17)14(12)18/h3-9H,2H2,1H3,(H,19,21). The summed E-state index contributed by atoms with van der Waals surface area (Å²) in [4.78, 5) is 0. The molecular formula is C16H13BrFN3. The second-order valence-electron chi connectivity index (χ2n) is 4.57. The maximum absolute atomic E-state index is 14.3. The minimum Gasteiger partial charge on any atom is -0.368 e. The molecule has 21 heavy (non-hydrogen) atoms. The zero-order valence-electron chi connectivity index (χ0n) is 11.4. The Balaban J connectivity index is 2.29. The quantitative estimate of drug-likeness (QED) is 0.751. The molecule has 3 nitrogen and oxygen atoms in total. The number of fused-ring (bicyclic) bond motifs is 1. The highest BCUT2D eigenvalue weighted by molar-refractivity contribution is 9.10. The highest BCUT2D eigenvalue weighted by atomic mass is 79.9. The molecular weight excluding hydrogens is 333 g/mol. The van der Waals surface area contributed by atoms with E-state index in [0.29, 0.717) is 21.5 Å². The largest absolute Gasteiger partial charge is 0.368 e. The normalized spacial score (nSPS) is 10.8. The van der Waals surface area contributed by atoms with E-state index in [9.17, 15) is 4.39 Å². The van der Waals surface area contributed by atoms with Gasteiger partial charge in [-0.25, -0.2) is 4.39 Å². The van der Waals surface area contributed by atoms with E-state index in [2.05, 4.69) is 31.4 Å². The van der Waals surface area contributed by atoms with Crippen LogP contribution in [0.3, 0.4) is 0 Å². The highest BCUT2D eigenvalue weighted by Gasteiger charge is 2.15. The fourth-order valence-electron chi connectivity index (χ4n) is 2.29. The molecule has 0 amide bonds. The van der Waals surface area contributed by atoms with Crippen LogP contribution < -0.4 is 5.32 Å². The summed E-state index contributed by atoms with van der Waals surface area (Å²) in [6, 6.07) is 12.9. The predicted octanol–water partition coefficient (Wildman–Crippen LogP) is 4.63. The molecule has 1 aromatic heterocycles. The van der Waals surface area contributed by atoms with E-state index in [1.165, 1.54) is 0 Å². The van der Waals surface area contributed by atoms with E-state index in [0.717, 1.165) is 17.3 Å². The summed E-state index contributed by atoms with van der Waals surface area (Å²) in [5, 5.41) is 13.4. The molecule has 0 aliphatic rings. The van der Waals surface area contributed by atoms with Crippen LogP contribution in [0.4, 0.5) is 10.2 Å². The first-order valence-electron chi connectivity index (χ1n) is 6.66. The van der Waals surface area contributed by atoms with Gasteiger partial charge in [0.05, 0.1) is 4.47 Å². The molecule has 0 fully saturated rings. The number of nitrogens with zero attached hydrogens (tertiary/aromatic N) is 2. The van der Waals surface area contributed by atoms with E-state index in [-0.39, 0.29) is 5.82 Å². The Morgan fingerprint density at radius 3 is 2.57 bits per heavy atom. The molecule has 0 atom stereocenters. The van der Waals surface area contributed by atoms with Crippen LogP contribution in [0.25, 0.3) is 22.0 Å². The van der Waals surface area contributed by atoms with Crippen molar-refractivity contribution in [1.82, 2.24) is 10.2 Å². The van der Waals surface area contributed by atoms with Crippen molar-refractivity contribution in [3.63, 3.8) is 0 Å². The second kappa shape index (κ2) is 5.77. The lowest BCUT2D eigenvalue weighted by Crippen LogP contribution is -2.03. The Hall–Kier alpha value is -2.01. The van der Waals surface area contributed by atoms with Gasteiger partial charge < -0.3 is 5.32 Å². The molecule has 0 aliphatic heterocycles. The number of benzene rings is 2. The molecule has 3 rings (SSSR count). The number of aromatic nitrogens is 2. The Kier molecular flexibility index (Phi) is 3.84. The number of halogens is 2. The van der Waals surface area contributed by atoms with Crippen molar-refractivity contribution >= 4 is 32.5 Å². The van der Waals surface area contributed by atoms with Gasteiger partial charge in [-0.1, -0.05) is 30.3 Å². The van der Waals surface area contributed by atoms with Gasteiger partial charge >= 0.3 is 0 Å². The van der Waals surface area contributed by atoms with Crippen LogP contribution in [0.2, 0.25) is 0 Å². The monoisotopic (exact) mass is 345 g/mol. The van der Waals surface area contributed by atoms with Crippen LogP contribution in [0.15, 0.2) is 46.9 Å². The number of rotatable bonds is 3. The Bertz CT molecular complexity index is 805. The van der Waals surface area contributed by atoms with Crippen molar-refractivity contribution in [2.45, 2.75) is 6.92 Å². The lowest BCUT2D eigenvalue weighted by Gasteiger charge is -2.11. The zero-order valence-corrected chi connectivity index (χ0v) is 13.0. The molecule has 2 aromatic carbocycles. The summed E-state index contributed by atoms with van der Waals surface area (Å²) in [7, 11) is 0. The van der Waals surface area contributed by atoms with Gasteiger partial charge in [-0.05, 0) is 35.0 Å². The third-order valence-electron chi connectivity index (χ3n) is 3.24. The molecule has 0 radical (unpaired) electrons. The van der Waals surface area contributed by atoms with E-state index in [1.807, 2.05) is 31.2 Å². The molecule has 0 saturated heterocycles. The lowest BCUT2D eigenvalue weighted by molar-refractivity contribution is 0.624. The summed E-state index contributed by atoms with van der Waals surface area (Å²) >= 11 is 3.21. The van der Waals surface area contributed by atoms with Crippen LogP contribution >= 0.6 is 15.9 Å². The van der Waals surface area contributed by atoms with Gasteiger partial charge in [0.25, 0.3) is 0 Å². The van der Waals surface area contributed by atoms with Crippen molar-refractivity contribution in [3.05, 3.63) is 52.8 Å². The minimum atomic E-state index is -0.326. The molecule has 0 bridgehead atoms. The van der Waals surface area contributed by atoms with Gasteiger partial charge in [-0.15, -0.1) is 10.2 Å². The first-order valence-corrected chi connectivity index (χ1v) is 7.45. The number of hydrogen-bond donors (Lipinski definition) is 1. The molecule has 0 saturated carbocycles. The Labute approximate surface area is 130 Å². The first kappa shape index (κ1) is 13.9. The average molecular weight is 346 g/mol. The van der Waals surface area contributed by atoms with Crippen LogP contribution in [-0.4, -0.2) is 16.7 Å². The zero-order chi connectivity index (χ0) is 14.8. The van der Waals surface area contributed by atoms with Gasteiger partial charge in [0.1, 0.15) is 11.5 Å². The maximum Gasteiger partial charge on any atom is 0.156 e. The average Bonchev–Trinajstić information content (AvgIpc) is 2.51. The molecule has 0 spiro atoms. The fraction of sp³-hybridized carbons (Fsp3) is 0.125. The molecule has 106 valence electrons. The van der Waals surface area contributed by atoms with E-state index in [1.54, 1.807) is 18.2 Å². The Morgan fingerprint density at radius 2 is 1.81 bits per heavy atom. The van der Waals surface area contributed by atoms with Crippen LogP contribution in [0, 0.1) is 5.82 Å². The van der Waals surface area contributed by atoms with Crippen molar-refractivity contribution in [2.24, 2.45) is 0 Å². The van der Waals surface area contributed by atoms with Gasteiger partial charge in [0, 0.05) is 22.9 Å².